The summed E-state index contributed by atoms with van der Waals surface area (Å²) < 4.78 is 41.1. The van der Waals surface area contributed by atoms with Crippen LogP contribution in [0.5, 0.6) is 0 Å². The fourth-order valence-corrected chi connectivity index (χ4v) is 3.63. The molecular weight excluding hydrogens is 423 g/mol. The van der Waals surface area contributed by atoms with Crippen molar-refractivity contribution in [2.24, 2.45) is 15.9 Å². The lowest BCUT2D eigenvalue weighted by Gasteiger charge is -2.28. The number of halogens is 3. The number of piperidine rings is 1. The average Bonchev–Trinajstić information content (AvgIpc) is 2.76. The van der Waals surface area contributed by atoms with Crippen molar-refractivity contribution in [1.82, 2.24) is 4.90 Å². The van der Waals surface area contributed by atoms with E-state index in [4.69, 9.17) is 4.99 Å². The van der Waals surface area contributed by atoms with Crippen LogP contribution < -0.4 is 0 Å². The normalized spacial score (nSPS) is 15.6. The molecule has 3 nitrogen and oxygen atoms in total. The van der Waals surface area contributed by atoms with E-state index in [1.54, 1.807) is 0 Å². The Morgan fingerprint density at radius 2 is 1.52 bits per heavy atom. The largest absolute Gasteiger partial charge is 0.341 e. The number of likely N-dealkylation sites (tertiary alicyclic amines) is 1. The number of nitrogens with zero attached hydrogens (tertiary/aromatic N) is 3. The quantitative estimate of drug-likeness (QED) is 0.173. The third-order valence-electron chi connectivity index (χ3n) is 5.36. The molecule has 1 aromatic rings. The maximum atomic E-state index is 14.2. The Morgan fingerprint density at radius 1 is 0.939 bits per heavy atom. The monoisotopic (exact) mass is 463 g/mol. The Hall–Kier alpha value is -2.37. The van der Waals surface area contributed by atoms with Gasteiger partial charge in [-0.2, -0.15) is 0 Å². The molecule has 1 fully saturated rings. The first-order valence-electron chi connectivity index (χ1n) is 12.0. The second kappa shape index (κ2) is 14.7. The lowest BCUT2D eigenvalue weighted by Crippen LogP contribution is -2.35. The summed E-state index contributed by atoms with van der Waals surface area (Å²) in [6.45, 7) is 19.8. The van der Waals surface area contributed by atoms with E-state index in [9.17, 15) is 13.2 Å². The molecule has 1 aliphatic rings. The molecule has 184 valence electrons. The predicted molar refractivity (Wildman–Crippen MR) is 135 cm³/mol. The molecule has 2 rings (SSSR count). The van der Waals surface area contributed by atoms with Gasteiger partial charge in [0, 0.05) is 30.4 Å². The number of aliphatic imine (C=N–C) groups is 2. The molecule has 0 bridgehead atoms. The van der Waals surface area contributed by atoms with Gasteiger partial charge in [-0.25, -0.2) is 23.2 Å². The van der Waals surface area contributed by atoms with Crippen LogP contribution in [0.15, 0.2) is 40.8 Å². The first-order chi connectivity index (χ1) is 15.6. The number of hydrogen-bond donors (Lipinski definition) is 0. The van der Waals surface area contributed by atoms with Crippen LogP contribution in [-0.2, 0) is 0 Å². The van der Waals surface area contributed by atoms with Crippen molar-refractivity contribution in [3.05, 3.63) is 53.9 Å². The van der Waals surface area contributed by atoms with Crippen molar-refractivity contribution < 1.29 is 13.2 Å². The Labute approximate surface area is 198 Å². The van der Waals surface area contributed by atoms with Crippen LogP contribution >= 0.6 is 0 Å². The first kappa shape index (κ1) is 28.7. The Kier molecular flexibility index (Phi) is 12.8. The summed E-state index contributed by atoms with van der Waals surface area (Å²) in [4.78, 5) is 11.2. The molecule has 1 heterocycles. The second-order valence-electron chi connectivity index (χ2n) is 8.74. The molecular formula is C27H40F3N3. The van der Waals surface area contributed by atoms with Gasteiger partial charge >= 0.3 is 0 Å². The van der Waals surface area contributed by atoms with Crippen molar-refractivity contribution >= 4 is 17.4 Å². The van der Waals surface area contributed by atoms with Gasteiger partial charge in [-0.05, 0) is 57.9 Å². The number of guanidine groups is 1. The predicted octanol–water partition coefficient (Wildman–Crippen LogP) is 8.18. The number of rotatable bonds is 7. The van der Waals surface area contributed by atoms with E-state index >= 15 is 0 Å². The molecule has 0 aliphatic carbocycles. The van der Waals surface area contributed by atoms with Crippen molar-refractivity contribution in [3.63, 3.8) is 0 Å². The van der Waals surface area contributed by atoms with E-state index in [0.717, 1.165) is 69.0 Å². The highest BCUT2D eigenvalue weighted by atomic mass is 19.2. The highest BCUT2D eigenvalue weighted by Gasteiger charge is 2.18. The fraction of sp³-hybridized carbons (Fsp3) is 0.556. The van der Waals surface area contributed by atoms with E-state index in [1.165, 1.54) is 6.42 Å². The number of hydrogen-bond acceptors (Lipinski definition) is 1. The van der Waals surface area contributed by atoms with Gasteiger partial charge < -0.3 is 4.90 Å². The molecule has 1 saturated heterocycles. The van der Waals surface area contributed by atoms with Gasteiger partial charge in [0.15, 0.2) is 11.6 Å². The highest BCUT2D eigenvalue weighted by molar-refractivity contribution is 5.98. The number of benzene rings is 1. The van der Waals surface area contributed by atoms with Crippen LogP contribution in [0.2, 0.25) is 0 Å². The SMILES string of the molecule is C=C(N=C(/N=C(/C)CC(CCC)C(=C)C)N1CCCCC1)c1cc(F)c(F)cc1F.CCC. The molecule has 0 radical (unpaired) electrons. The smallest absolute Gasteiger partial charge is 0.225 e. The summed E-state index contributed by atoms with van der Waals surface area (Å²) in [6, 6.07) is 1.31. The van der Waals surface area contributed by atoms with Crippen LogP contribution in [0.3, 0.4) is 0 Å². The maximum Gasteiger partial charge on any atom is 0.225 e. The minimum Gasteiger partial charge on any atom is -0.341 e. The highest BCUT2D eigenvalue weighted by Crippen LogP contribution is 2.24. The molecule has 1 aliphatic heterocycles. The summed E-state index contributed by atoms with van der Waals surface area (Å²) in [5.41, 5.74) is 1.88. The summed E-state index contributed by atoms with van der Waals surface area (Å²) in [6.07, 6.45) is 7.28. The molecule has 1 unspecified atom stereocenters. The first-order valence-corrected chi connectivity index (χ1v) is 12.0. The molecule has 0 N–H and O–H groups in total. The van der Waals surface area contributed by atoms with Crippen LogP contribution in [0.1, 0.15) is 85.1 Å². The summed E-state index contributed by atoms with van der Waals surface area (Å²) in [5.74, 6) is -2.48. The zero-order valence-corrected chi connectivity index (χ0v) is 21.0. The lowest BCUT2D eigenvalue weighted by molar-refractivity contribution is 0.339. The van der Waals surface area contributed by atoms with Crippen LogP contribution in [0, 0.1) is 23.4 Å². The molecule has 0 amide bonds. The van der Waals surface area contributed by atoms with E-state index in [0.29, 0.717) is 17.9 Å². The Morgan fingerprint density at radius 3 is 2.06 bits per heavy atom. The van der Waals surface area contributed by atoms with Crippen LogP contribution in [0.4, 0.5) is 13.2 Å². The standard InChI is InChI=1S/C24H32F3N3.C3H8/c1-6-10-19(16(2)3)13-17(4)28-24(30-11-8-7-9-12-30)29-18(5)20-14-22(26)23(27)15-21(20)25;1-3-2/h14-15,19H,2,5-13H2,1,3-4H3;3H2,1-2H3/b28-17-,29-24?;. The van der Waals surface area contributed by atoms with E-state index in [2.05, 4.69) is 38.9 Å². The van der Waals surface area contributed by atoms with E-state index < -0.39 is 17.5 Å². The minimum absolute atomic E-state index is 0.0218. The Bertz CT molecular complexity index is 852. The molecule has 1 aromatic carbocycles. The van der Waals surface area contributed by atoms with Gasteiger partial charge in [0.2, 0.25) is 5.96 Å². The fourth-order valence-electron chi connectivity index (χ4n) is 3.63. The Balaban J connectivity index is 0.00000172. The van der Waals surface area contributed by atoms with Gasteiger partial charge in [0.25, 0.3) is 0 Å². The van der Waals surface area contributed by atoms with Crippen molar-refractivity contribution in [2.75, 3.05) is 13.1 Å². The topological polar surface area (TPSA) is 28.0 Å². The van der Waals surface area contributed by atoms with Crippen LogP contribution in [0.25, 0.3) is 5.70 Å². The van der Waals surface area contributed by atoms with Gasteiger partial charge in [-0.1, -0.05) is 52.3 Å². The van der Waals surface area contributed by atoms with Crippen LogP contribution in [-0.4, -0.2) is 29.7 Å². The summed E-state index contributed by atoms with van der Waals surface area (Å²) in [5, 5.41) is 0. The van der Waals surface area contributed by atoms with E-state index in [1.807, 2.05) is 18.7 Å². The molecule has 0 saturated carbocycles. The minimum atomic E-state index is -1.24. The summed E-state index contributed by atoms with van der Waals surface area (Å²) >= 11 is 0. The second-order valence-corrected chi connectivity index (χ2v) is 8.74. The zero-order chi connectivity index (χ0) is 25.0. The van der Waals surface area contributed by atoms with Gasteiger partial charge in [0.1, 0.15) is 5.82 Å². The maximum absolute atomic E-state index is 14.2. The van der Waals surface area contributed by atoms with Gasteiger partial charge in [-0.3, -0.25) is 0 Å². The lowest BCUT2D eigenvalue weighted by atomic mass is 9.91. The van der Waals surface area contributed by atoms with Crippen molar-refractivity contribution in [3.8, 4) is 0 Å². The molecule has 6 heteroatoms. The molecule has 33 heavy (non-hydrogen) atoms. The number of allylic oxidation sites excluding steroid dienone is 1. The molecule has 1 atom stereocenters. The average molecular weight is 464 g/mol. The molecule has 0 aromatic heterocycles. The third-order valence-corrected chi connectivity index (χ3v) is 5.36. The van der Waals surface area contributed by atoms with Gasteiger partial charge in [0.05, 0.1) is 5.70 Å². The van der Waals surface area contributed by atoms with Crippen molar-refractivity contribution in [1.29, 1.82) is 0 Å². The zero-order valence-electron chi connectivity index (χ0n) is 21.0. The molecule has 0 spiro atoms. The summed E-state index contributed by atoms with van der Waals surface area (Å²) in [7, 11) is 0. The third kappa shape index (κ3) is 9.56. The van der Waals surface area contributed by atoms with Gasteiger partial charge in [-0.15, -0.1) is 0 Å². The van der Waals surface area contributed by atoms with Crippen molar-refractivity contribution in [2.45, 2.75) is 79.6 Å². The van der Waals surface area contributed by atoms with E-state index in [-0.39, 0.29) is 11.3 Å².